The number of benzene rings is 1. The van der Waals surface area contributed by atoms with Gasteiger partial charge in [-0.05, 0) is 25.1 Å². The average molecular weight is 297 g/mol. The standard InChI is InChI=1S/C12H10Cl2N4O/c1-7-5-11(17-16-7)12(19)18-15-6-8-9(13)3-2-4-10(8)14/h2-6H,1H3,(H,16,17)(H,18,19)/b15-6-. The van der Waals surface area contributed by atoms with Crippen LogP contribution in [0.4, 0.5) is 0 Å². The zero-order valence-corrected chi connectivity index (χ0v) is 11.5. The Labute approximate surface area is 119 Å². The molecule has 2 N–H and O–H groups in total. The number of amides is 1. The molecule has 19 heavy (non-hydrogen) atoms. The van der Waals surface area contributed by atoms with Crippen LogP contribution in [-0.2, 0) is 0 Å². The summed E-state index contributed by atoms with van der Waals surface area (Å²) in [5, 5.41) is 11.2. The van der Waals surface area contributed by atoms with Gasteiger partial charge in [-0.15, -0.1) is 0 Å². The first kappa shape index (κ1) is 13.6. The lowest BCUT2D eigenvalue weighted by Gasteiger charge is -2.00. The fourth-order valence-electron chi connectivity index (χ4n) is 1.38. The van der Waals surface area contributed by atoms with Crippen LogP contribution >= 0.6 is 23.2 Å². The third-order valence-electron chi connectivity index (χ3n) is 2.30. The number of aromatic nitrogens is 2. The zero-order valence-electron chi connectivity index (χ0n) is 9.95. The number of hydrazone groups is 1. The Morgan fingerprint density at radius 1 is 1.42 bits per heavy atom. The molecule has 7 heteroatoms. The van der Waals surface area contributed by atoms with Crippen molar-refractivity contribution in [2.75, 3.05) is 0 Å². The van der Waals surface area contributed by atoms with Crippen LogP contribution in [0.5, 0.6) is 0 Å². The van der Waals surface area contributed by atoms with Crippen molar-refractivity contribution in [1.82, 2.24) is 15.6 Å². The van der Waals surface area contributed by atoms with Crippen LogP contribution in [0.3, 0.4) is 0 Å². The topological polar surface area (TPSA) is 70.1 Å². The number of nitrogens with zero attached hydrogens (tertiary/aromatic N) is 2. The smallest absolute Gasteiger partial charge is 0.282 e. The van der Waals surface area contributed by atoms with E-state index in [1.54, 1.807) is 31.2 Å². The molecule has 0 atom stereocenters. The molecule has 0 unspecified atom stereocenters. The van der Waals surface area contributed by atoms with E-state index in [2.05, 4.69) is 20.7 Å². The lowest BCUT2D eigenvalue weighted by Crippen LogP contribution is -2.18. The SMILES string of the molecule is Cc1cc(C(=O)N/N=C\c2c(Cl)cccc2Cl)n[nH]1. The zero-order chi connectivity index (χ0) is 13.8. The summed E-state index contributed by atoms with van der Waals surface area (Å²) in [5.74, 6) is -0.413. The Balaban J connectivity index is 2.06. The summed E-state index contributed by atoms with van der Waals surface area (Å²) in [7, 11) is 0. The number of carbonyl (C=O) groups excluding carboxylic acids is 1. The van der Waals surface area contributed by atoms with E-state index >= 15 is 0 Å². The Bertz CT molecular complexity index is 616. The van der Waals surface area contributed by atoms with E-state index in [0.29, 0.717) is 15.6 Å². The Kier molecular flexibility index (Phi) is 4.19. The number of hydrogen-bond donors (Lipinski definition) is 2. The lowest BCUT2D eigenvalue weighted by atomic mass is 10.2. The maximum absolute atomic E-state index is 11.6. The second-order valence-electron chi connectivity index (χ2n) is 3.77. The van der Waals surface area contributed by atoms with Gasteiger partial charge in [0.15, 0.2) is 5.69 Å². The van der Waals surface area contributed by atoms with E-state index in [9.17, 15) is 4.79 Å². The van der Waals surface area contributed by atoms with Crippen molar-refractivity contribution in [3.8, 4) is 0 Å². The molecule has 98 valence electrons. The van der Waals surface area contributed by atoms with Crippen LogP contribution in [0.1, 0.15) is 21.7 Å². The molecule has 0 aliphatic rings. The van der Waals surface area contributed by atoms with Crippen LogP contribution in [0, 0.1) is 6.92 Å². The third kappa shape index (κ3) is 3.33. The number of aromatic amines is 1. The predicted octanol–water partition coefficient (Wildman–Crippen LogP) is 2.79. The van der Waals surface area contributed by atoms with E-state index in [1.165, 1.54) is 6.21 Å². The number of halogens is 2. The summed E-state index contributed by atoms with van der Waals surface area (Å²) in [6.07, 6.45) is 1.39. The highest BCUT2D eigenvalue weighted by atomic mass is 35.5. The molecule has 0 aliphatic heterocycles. The second-order valence-corrected chi connectivity index (χ2v) is 4.59. The molecule has 2 rings (SSSR count). The third-order valence-corrected chi connectivity index (χ3v) is 2.96. The first-order valence-electron chi connectivity index (χ1n) is 5.37. The van der Waals surface area contributed by atoms with E-state index < -0.39 is 5.91 Å². The molecule has 0 fully saturated rings. The minimum atomic E-state index is -0.413. The normalized spacial score (nSPS) is 10.9. The maximum Gasteiger partial charge on any atom is 0.291 e. The first-order chi connectivity index (χ1) is 9.08. The minimum absolute atomic E-state index is 0.264. The Morgan fingerprint density at radius 2 is 2.11 bits per heavy atom. The fourth-order valence-corrected chi connectivity index (χ4v) is 1.88. The first-order valence-corrected chi connectivity index (χ1v) is 6.13. The molecule has 1 aromatic carbocycles. The van der Waals surface area contributed by atoms with E-state index in [4.69, 9.17) is 23.2 Å². The molecule has 0 aliphatic carbocycles. The number of H-pyrrole nitrogens is 1. The molecule has 1 amide bonds. The highest BCUT2D eigenvalue weighted by Crippen LogP contribution is 2.21. The van der Waals surface area contributed by atoms with Crippen molar-refractivity contribution < 1.29 is 4.79 Å². The summed E-state index contributed by atoms with van der Waals surface area (Å²) in [6.45, 7) is 1.80. The van der Waals surface area contributed by atoms with Crippen molar-refractivity contribution in [1.29, 1.82) is 0 Å². The molecule has 0 saturated carbocycles. The van der Waals surface area contributed by atoms with Crippen molar-refractivity contribution in [3.05, 3.63) is 51.3 Å². The molecular weight excluding hydrogens is 287 g/mol. The highest BCUT2D eigenvalue weighted by molar-refractivity contribution is 6.38. The van der Waals surface area contributed by atoms with Gasteiger partial charge >= 0.3 is 0 Å². The van der Waals surface area contributed by atoms with E-state index in [1.807, 2.05) is 0 Å². The van der Waals surface area contributed by atoms with Gasteiger partial charge in [0.2, 0.25) is 0 Å². The molecule has 0 bridgehead atoms. The van der Waals surface area contributed by atoms with Crippen LogP contribution in [0.2, 0.25) is 10.0 Å². The largest absolute Gasteiger partial charge is 0.291 e. The molecular formula is C12H10Cl2N4O. The van der Waals surface area contributed by atoms with Crippen LogP contribution in [-0.4, -0.2) is 22.3 Å². The monoisotopic (exact) mass is 296 g/mol. The van der Waals surface area contributed by atoms with Gasteiger partial charge in [0.25, 0.3) is 5.91 Å². The Morgan fingerprint density at radius 3 is 2.68 bits per heavy atom. The molecule has 1 heterocycles. The van der Waals surface area contributed by atoms with Gasteiger partial charge in [-0.2, -0.15) is 10.2 Å². The van der Waals surface area contributed by atoms with E-state index in [-0.39, 0.29) is 5.69 Å². The van der Waals surface area contributed by atoms with Crippen molar-refractivity contribution in [2.45, 2.75) is 6.92 Å². The summed E-state index contributed by atoms with van der Waals surface area (Å²) < 4.78 is 0. The van der Waals surface area contributed by atoms with Crippen LogP contribution in [0.25, 0.3) is 0 Å². The molecule has 0 spiro atoms. The summed E-state index contributed by atoms with van der Waals surface area (Å²) in [5.41, 5.74) is 3.95. The van der Waals surface area contributed by atoms with Gasteiger partial charge in [-0.25, -0.2) is 5.43 Å². The second kappa shape index (κ2) is 5.86. The quantitative estimate of drug-likeness (QED) is 0.675. The van der Waals surface area contributed by atoms with Gasteiger partial charge in [0.05, 0.1) is 16.3 Å². The van der Waals surface area contributed by atoms with Gasteiger partial charge < -0.3 is 0 Å². The average Bonchev–Trinajstić information content (AvgIpc) is 2.79. The number of nitrogens with one attached hydrogen (secondary N) is 2. The highest BCUT2D eigenvalue weighted by Gasteiger charge is 2.08. The molecule has 1 aromatic heterocycles. The van der Waals surface area contributed by atoms with Gasteiger partial charge in [-0.3, -0.25) is 9.89 Å². The predicted molar refractivity (Wildman–Crippen MR) is 74.8 cm³/mol. The molecule has 5 nitrogen and oxygen atoms in total. The number of aryl methyl sites for hydroxylation is 1. The van der Waals surface area contributed by atoms with Gasteiger partial charge in [0, 0.05) is 11.3 Å². The van der Waals surface area contributed by atoms with Crippen molar-refractivity contribution in [3.63, 3.8) is 0 Å². The van der Waals surface area contributed by atoms with Crippen LogP contribution in [0.15, 0.2) is 29.4 Å². The maximum atomic E-state index is 11.6. The Hall–Kier alpha value is -1.85. The van der Waals surface area contributed by atoms with Gasteiger partial charge in [0.1, 0.15) is 0 Å². The van der Waals surface area contributed by atoms with Gasteiger partial charge in [-0.1, -0.05) is 29.3 Å². The number of rotatable bonds is 3. The fraction of sp³-hybridized carbons (Fsp3) is 0.0833. The molecule has 2 aromatic rings. The van der Waals surface area contributed by atoms with Crippen molar-refractivity contribution in [2.24, 2.45) is 5.10 Å². The summed E-state index contributed by atoms with van der Waals surface area (Å²) in [6, 6.07) is 6.72. The number of carbonyl (C=O) groups is 1. The van der Waals surface area contributed by atoms with E-state index in [0.717, 1.165) is 5.69 Å². The summed E-state index contributed by atoms with van der Waals surface area (Å²) in [4.78, 5) is 11.6. The minimum Gasteiger partial charge on any atom is -0.282 e. The molecule has 0 radical (unpaired) electrons. The number of hydrogen-bond acceptors (Lipinski definition) is 3. The summed E-state index contributed by atoms with van der Waals surface area (Å²) >= 11 is 11.9. The van der Waals surface area contributed by atoms with Crippen molar-refractivity contribution >= 4 is 35.3 Å². The molecule has 0 saturated heterocycles. The lowest BCUT2D eigenvalue weighted by molar-refractivity contribution is 0.0950. The van der Waals surface area contributed by atoms with Crippen LogP contribution < -0.4 is 5.43 Å².